The predicted molar refractivity (Wildman–Crippen MR) is 72.9 cm³/mol. The highest BCUT2D eigenvalue weighted by molar-refractivity contribution is 8.13. The minimum atomic E-state index is -4.45. The molecule has 0 saturated heterocycles. The Morgan fingerprint density at radius 3 is 2.70 bits per heavy atom. The zero-order valence-electron chi connectivity index (χ0n) is 10.7. The van der Waals surface area contributed by atoms with E-state index in [0.717, 1.165) is 12.1 Å². The van der Waals surface area contributed by atoms with Gasteiger partial charge in [0.1, 0.15) is 0 Å². The molecule has 0 N–H and O–H groups in total. The van der Waals surface area contributed by atoms with Gasteiger partial charge < -0.3 is 0 Å². The Balaban J connectivity index is 2.79. The van der Waals surface area contributed by atoms with Gasteiger partial charge in [-0.1, -0.05) is 30.0 Å². The molecule has 6 heteroatoms. The number of hydrogen-bond acceptors (Lipinski definition) is 3. The molecule has 106 valence electrons. The van der Waals surface area contributed by atoms with E-state index in [4.69, 9.17) is 5.26 Å². The van der Waals surface area contributed by atoms with E-state index >= 15 is 0 Å². The van der Waals surface area contributed by atoms with Gasteiger partial charge in [0.2, 0.25) is 0 Å². The number of benzene rings is 1. The van der Waals surface area contributed by atoms with E-state index in [2.05, 4.69) is 0 Å². The summed E-state index contributed by atoms with van der Waals surface area (Å²) < 4.78 is 37.5. The second-order valence-electron chi connectivity index (χ2n) is 3.94. The van der Waals surface area contributed by atoms with E-state index in [1.54, 1.807) is 18.2 Å². The van der Waals surface area contributed by atoms with Gasteiger partial charge in [0.05, 0.1) is 17.2 Å². The van der Waals surface area contributed by atoms with Crippen LogP contribution in [0.1, 0.15) is 30.0 Å². The van der Waals surface area contributed by atoms with Gasteiger partial charge in [0.15, 0.2) is 5.12 Å². The van der Waals surface area contributed by atoms with Crippen molar-refractivity contribution >= 4 is 23.0 Å². The molecule has 0 bridgehead atoms. The molecule has 0 radical (unpaired) electrons. The Kier molecular flexibility index (Phi) is 5.83. The predicted octanol–water partition coefficient (Wildman–Crippen LogP) is 4.26. The van der Waals surface area contributed by atoms with E-state index in [1.807, 2.05) is 0 Å². The van der Waals surface area contributed by atoms with E-state index < -0.39 is 11.7 Å². The summed E-state index contributed by atoms with van der Waals surface area (Å²) in [4.78, 5) is 10.7. The topological polar surface area (TPSA) is 40.9 Å². The van der Waals surface area contributed by atoms with Crippen molar-refractivity contribution in [2.75, 3.05) is 5.75 Å². The maximum Gasteiger partial charge on any atom is 0.416 e. The average Bonchev–Trinajstić information content (AvgIpc) is 2.36. The van der Waals surface area contributed by atoms with Gasteiger partial charge in [-0.05, 0) is 24.1 Å². The van der Waals surface area contributed by atoms with Gasteiger partial charge in [0, 0.05) is 12.7 Å². The zero-order valence-corrected chi connectivity index (χ0v) is 11.5. The van der Waals surface area contributed by atoms with E-state index in [1.165, 1.54) is 24.8 Å². The molecule has 0 aliphatic rings. The normalized spacial score (nSPS) is 11.6. The average molecular weight is 299 g/mol. The third-order valence-electron chi connectivity index (χ3n) is 2.39. The molecule has 0 saturated carbocycles. The Bertz CT molecular complexity index is 559. The van der Waals surface area contributed by atoms with Crippen LogP contribution in [0.25, 0.3) is 6.08 Å². The van der Waals surface area contributed by atoms with E-state index in [9.17, 15) is 18.0 Å². The Hall–Kier alpha value is -1.74. The highest BCUT2D eigenvalue weighted by Gasteiger charge is 2.30. The monoisotopic (exact) mass is 299 g/mol. The van der Waals surface area contributed by atoms with Crippen LogP contribution in [0.5, 0.6) is 0 Å². The van der Waals surface area contributed by atoms with Crippen molar-refractivity contribution in [2.45, 2.75) is 19.5 Å². The lowest BCUT2D eigenvalue weighted by atomic mass is 10.0. The molecule has 2 nitrogen and oxygen atoms in total. The first kappa shape index (κ1) is 16.3. The second-order valence-corrected chi connectivity index (χ2v) is 5.21. The highest BCUT2D eigenvalue weighted by Crippen LogP contribution is 2.30. The van der Waals surface area contributed by atoms with Crippen molar-refractivity contribution in [1.29, 1.82) is 5.26 Å². The fourth-order valence-electron chi connectivity index (χ4n) is 1.46. The molecule has 0 fully saturated rings. The fourth-order valence-corrected chi connectivity index (χ4v) is 2.00. The van der Waals surface area contributed by atoms with Gasteiger partial charge in [-0.25, -0.2) is 0 Å². The first-order valence-electron chi connectivity index (χ1n) is 5.76. The van der Waals surface area contributed by atoms with Crippen LogP contribution in [-0.4, -0.2) is 10.9 Å². The number of carbonyl (C=O) groups is 1. The number of thioether (sulfide) groups is 1. The molecule has 0 unspecified atom stereocenters. The summed E-state index contributed by atoms with van der Waals surface area (Å²) in [5.41, 5.74) is -0.415. The van der Waals surface area contributed by atoms with Crippen LogP contribution in [0.15, 0.2) is 24.3 Å². The van der Waals surface area contributed by atoms with E-state index in [0.29, 0.717) is 17.7 Å². The molecular formula is C14H12F3NOS. The number of nitrogens with zero attached hydrogens (tertiary/aromatic N) is 1. The van der Waals surface area contributed by atoms with Crippen molar-refractivity contribution in [3.05, 3.63) is 41.0 Å². The summed E-state index contributed by atoms with van der Waals surface area (Å²) in [5, 5.41) is 8.90. The van der Waals surface area contributed by atoms with Crippen molar-refractivity contribution < 1.29 is 18.0 Å². The van der Waals surface area contributed by atoms with E-state index in [-0.39, 0.29) is 10.7 Å². The lowest BCUT2D eigenvalue weighted by Gasteiger charge is -2.07. The Morgan fingerprint density at radius 2 is 2.15 bits per heavy atom. The lowest BCUT2D eigenvalue weighted by Crippen LogP contribution is -2.05. The Morgan fingerprint density at radius 1 is 1.45 bits per heavy atom. The minimum absolute atomic E-state index is 0.0182. The smallest absolute Gasteiger partial charge is 0.288 e. The number of allylic oxidation sites excluding steroid dienone is 1. The zero-order chi connectivity index (χ0) is 15.2. The number of rotatable bonds is 4. The molecule has 1 rings (SSSR count). The first-order valence-corrected chi connectivity index (χ1v) is 6.74. The van der Waals surface area contributed by atoms with Gasteiger partial charge in [-0.3, -0.25) is 4.79 Å². The van der Waals surface area contributed by atoms with Crippen molar-refractivity contribution in [3.63, 3.8) is 0 Å². The summed E-state index contributed by atoms with van der Waals surface area (Å²) in [6, 6.07) is 4.82. The summed E-state index contributed by atoms with van der Waals surface area (Å²) in [6.45, 7) is 1.47. The second kappa shape index (κ2) is 7.15. The third kappa shape index (κ3) is 5.10. The molecule has 1 aromatic carbocycles. The van der Waals surface area contributed by atoms with Crippen LogP contribution in [0.2, 0.25) is 0 Å². The van der Waals surface area contributed by atoms with Crippen LogP contribution in [0.4, 0.5) is 13.2 Å². The molecule has 1 aromatic rings. The molecule has 0 spiro atoms. The molecular weight excluding hydrogens is 287 g/mol. The van der Waals surface area contributed by atoms with Crippen LogP contribution >= 0.6 is 11.8 Å². The number of halogens is 3. The van der Waals surface area contributed by atoms with Gasteiger partial charge in [-0.2, -0.15) is 18.4 Å². The van der Waals surface area contributed by atoms with Crippen LogP contribution in [-0.2, 0) is 11.0 Å². The molecule has 20 heavy (non-hydrogen) atoms. The van der Waals surface area contributed by atoms with Crippen LogP contribution in [0, 0.1) is 11.3 Å². The molecule has 0 heterocycles. The largest absolute Gasteiger partial charge is 0.416 e. The van der Waals surface area contributed by atoms with Gasteiger partial charge >= 0.3 is 6.18 Å². The van der Waals surface area contributed by atoms with Crippen molar-refractivity contribution in [2.24, 2.45) is 0 Å². The maximum absolute atomic E-state index is 12.5. The lowest BCUT2D eigenvalue weighted by molar-refractivity contribution is -0.137. The molecule has 0 aliphatic heterocycles. The molecule has 0 aromatic heterocycles. The highest BCUT2D eigenvalue weighted by atomic mass is 32.2. The molecule has 0 aliphatic carbocycles. The van der Waals surface area contributed by atoms with Crippen molar-refractivity contribution in [3.8, 4) is 6.07 Å². The maximum atomic E-state index is 12.5. The molecule has 0 atom stereocenters. The number of alkyl halides is 3. The summed E-state index contributed by atoms with van der Waals surface area (Å²) in [6.07, 6.45) is -0.513. The van der Waals surface area contributed by atoms with Crippen LogP contribution in [0.3, 0.4) is 0 Å². The third-order valence-corrected chi connectivity index (χ3v) is 3.23. The standard InChI is InChI=1S/C14H12F3NOS/c1-10(19)20-7-3-2-4-11-5-6-13(14(15,16)17)8-12(11)9-18/h2,4-6,8H,3,7H2,1H3. The Labute approximate surface area is 119 Å². The van der Waals surface area contributed by atoms with Gasteiger partial charge in [-0.15, -0.1) is 0 Å². The summed E-state index contributed by atoms with van der Waals surface area (Å²) in [5.74, 6) is 0.606. The number of hydrogen-bond donors (Lipinski definition) is 0. The number of carbonyl (C=O) groups excluding carboxylic acids is 1. The minimum Gasteiger partial charge on any atom is -0.288 e. The van der Waals surface area contributed by atoms with Crippen LogP contribution < -0.4 is 0 Å². The number of nitriles is 1. The molecule has 0 amide bonds. The fraction of sp³-hybridized carbons (Fsp3) is 0.286. The SMILES string of the molecule is CC(=O)SCCC=Cc1ccc(C(F)(F)F)cc1C#N. The first-order chi connectivity index (χ1) is 9.34. The van der Waals surface area contributed by atoms with Gasteiger partial charge in [0.25, 0.3) is 0 Å². The van der Waals surface area contributed by atoms with Crippen molar-refractivity contribution in [1.82, 2.24) is 0 Å². The summed E-state index contributed by atoms with van der Waals surface area (Å²) in [7, 11) is 0. The summed E-state index contributed by atoms with van der Waals surface area (Å²) >= 11 is 1.18. The quantitative estimate of drug-likeness (QED) is 0.780.